The number of amides is 1. The van der Waals surface area contributed by atoms with Crippen LogP contribution < -0.4 is 5.73 Å². The van der Waals surface area contributed by atoms with Gasteiger partial charge in [0.2, 0.25) is 0 Å². The van der Waals surface area contributed by atoms with E-state index in [9.17, 15) is 22.4 Å². The summed E-state index contributed by atoms with van der Waals surface area (Å²) in [5, 5.41) is 0. The van der Waals surface area contributed by atoms with Gasteiger partial charge in [-0.2, -0.15) is 13.2 Å². The number of carbonyl (C=O) groups is 1. The molecule has 0 spiro atoms. The Morgan fingerprint density at radius 3 is 2.45 bits per heavy atom. The summed E-state index contributed by atoms with van der Waals surface area (Å²) in [6, 6.07) is -1.54. The number of alkyl halides is 3. The standard InChI is InChI=1S/C12H13F4N3O.2ClH/c13-8-3-7(4-18-5-8)11(20)19-6-9(17)1-2-10(19)12(14,15)16;;/h3-5,9-10H,1-2,6,17H2;2*1H. The van der Waals surface area contributed by atoms with Gasteiger partial charge in [0.25, 0.3) is 5.91 Å². The van der Waals surface area contributed by atoms with Crippen LogP contribution in [0.15, 0.2) is 18.5 Å². The fraction of sp³-hybridized carbons (Fsp3) is 0.500. The molecule has 1 fully saturated rings. The molecule has 22 heavy (non-hydrogen) atoms. The fourth-order valence-electron chi connectivity index (χ4n) is 2.26. The average molecular weight is 364 g/mol. The summed E-state index contributed by atoms with van der Waals surface area (Å²) in [6.45, 7) is -0.209. The maximum absolute atomic E-state index is 13.0. The van der Waals surface area contributed by atoms with Crippen molar-refractivity contribution in [3.05, 3.63) is 29.8 Å². The molecule has 2 heterocycles. The number of nitrogens with zero attached hydrogens (tertiary/aromatic N) is 2. The van der Waals surface area contributed by atoms with Crippen LogP contribution in [0.1, 0.15) is 23.2 Å². The SMILES string of the molecule is Cl.Cl.NC1CCC(C(F)(F)F)N(C(=O)c2cncc(F)c2)C1. The Hall–Kier alpha value is -1.12. The van der Waals surface area contributed by atoms with Crippen LogP contribution in [0, 0.1) is 5.82 Å². The minimum atomic E-state index is -4.53. The molecule has 1 aromatic heterocycles. The molecule has 2 unspecified atom stereocenters. The summed E-state index contributed by atoms with van der Waals surface area (Å²) in [6.07, 6.45) is -2.68. The zero-order chi connectivity index (χ0) is 14.9. The number of hydrogen-bond acceptors (Lipinski definition) is 3. The Morgan fingerprint density at radius 1 is 1.27 bits per heavy atom. The molecule has 1 aliphatic heterocycles. The molecule has 0 aliphatic carbocycles. The molecule has 1 aliphatic rings. The van der Waals surface area contributed by atoms with E-state index in [0.717, 1.165) is 18.5 Å². The molecular formula is C12H15Cl2F4N3O. The predicted octanol–water partition coefficient (Wildman–Crippen LogP) is 2.56. The van der Waals surface area contributed by atoms with Crippen molar-refractivity contribution in [1.29, 1.82) is 0 Å². The Morgan fingerprint density at radius 2 is 1.91 bits per heavy atom. The lowest BCUT2D eigenvalue weighted by molar-refractivity contribution is -0.184. The zero-order valence-electron chi connectivity index (χ0n) is 11.2. The zero-order valence-corrected chi connectivity index (χ0v) is 12.8. The third-order valence-electron chi connectivity index (χ3n) is 3.21. The Balaban J connectivity index is 0.00000220. The molecular weight excluding hydrogens is 349 g/mol. The normalized spacial score (nSPS) is 21.6. The summed E-state index contributed by atoms with van der Waals surface area (Å²) in [5.74, 6) is -1.69. The quantitative estimate of drug-likeness (QED) is 0.780. The first kappa shape index (κ1) is 20.9. The van der Waals surface area contributed by atoms with E-state index in [1.807, 2.05) is 0 Å². The van der Waals surface area contributed by atoms with E-state index in [-0.39, 0.29) is 49.8 Å². The van der Waals surface area contributed by atoms with Gasteiger partial charge in [-0.1, -0.05) is 0 Å². The smallest absolute Gasteiger partial charge is 0.326 e. The van der Waals surface area contributed by atoms with Gasteiger partial charge in [0.1, 0.15) is 11.9 Å². The van der Waals surface area contributed by atoms with Crippen LogP contribution in [0.2, 0.25) is 0 Å². The van der Waals surface area contributed by atoms with E-state index in [1.165, 1.54) is 0 Å². The fourth-order valence-corrected chi connectivity index (χ4v) is 2.26. The van der Waals surface area contributed by atoms with Crippen molar-refractivity contribution >= 4 is 30.7 Å². The highest BCUT2D eigenvalue weighted by Gasteiger charge is 2.47. The number of hydrogen-bond donors (Lipinski definition) is 1. The molecule has 0 saturated carbocycles. The lowest BCUT2D eigenvalue weighted by atomic mass is 9.97. The molecule has 0 radical (unpaired) electrons. The van der Waals surface area contributed by atoms with E-state index in [4.69, 9.17) is 5.73 Å². The third kappa shape index (κ3) is 4.69. The highest BCUT2D eigenvalue weighted by molar-refractivity contribution is 5.94. The Kier molecular flexibility index (Phi) is 7.53. The van der Waals surface area contributed by atoms with Crippen molar-refractivity contribution in [2.45, 2.75) is 31.1 Å². The van der Waals surface area contributed by atoms with Gasteiger partial charge in [0.15, 0.2) is 0 Å². The van der Waals surface area contributed by atoms with Crippen LogP contribution in [-0.4, -0.2) is 40.6 Å². The van der Waals surface area contributed by atoms with Crippen LogP contribution in [0.5, 0.6) is 0 Å². The summed E-state index contributed by atoms with van der Waals surface area (Å²) in [7, 11) is 0. The summed E-state index contributed by atoms with van der Waals surface area (Å²) in [5.41, 5.74) is 5.41. The van der Waals surface area contributed by atoms with Gasteiger partial charge in [0.05, 0.1) is 11.8 Å². The topological polar surface area (TPSA) is 59.2 Å². The number of nitrogens with two attached hydrogens (primary N) is 1. The van der Waals surface area contributed by atoms with Crippen molar-refractivity contribution in [3.8, 4) is 0 Å². The number of halogens is 6. The van der Waals surface area contributed by atoms with E-state index in [2.05, 4.69) is 4.98 Å². The van der Waals surface area contributed by atoms with E-state index < -0.39 is 30.0 Å². The number of carbonyl (C=O) groups excluding carboxylic acids is 1. The number of pyridine rings is 1. The minimum Gasteiger partial charge on any atom is -0.326 e. The van der Waals surface area contributed by atoms with Gasteiger partial charge in [-0.15, -0.1) is 24.8 Å². The minimum absolute atomic E-state index is 0. The maximum Gasteiger partial charge on any atom is 0.408 e. The van der Waals surface area contributed by atoms with E-state index in [0.29, 0.717) is 4.90 Å². The summed E-state index contributed by atoms with van der Waals surface area (Å²) >= 11 is 0. The number of aromatic nitrogens is 1. The average Bonchev–Trinajstić information content (AvgIpc) is 2.36. The van der Waals surface area contributed by atoms with Gasteiger partial charge < -0.3 is 10.6 Å². The molecule has 1 amide bonds. The van der Waals surface area contributed by atoms with Crippen LogP contribution in [0.4, 0.5) is 17.6 Å². The molecule has 4 nitrogen and oxygen atoms in total. The first-order valence-electron chi connectivity index (χ1n) is 6.03. The number of likely N-dealkylation sites (tertiary alicyclic amines) is 1. The molecule has 2 rings (SSSR count). The van der Waals surface area contributed by atoms with Crippen molar-refractivity contribution in [2.24, 2.45) is 5.73 Å². The van der Waals surface area contributed by atoms with Crippen LogP contribution in [0.3, 0.4) is 0 Å². The molecule has 1 aromatic rings. The van der Waals surface area contributed by atoms with Crippen molar-refractivity contribution in [3.63, 3.8) is 0 Å². The van der Waals surface area contributed by atoms with Gasteiger partial charge in [-0.25, -0.2) is 4.39 Å². The Bertz CT molecular complexity index is 515. The molecule has 1 saturated heterocycles. The lowest BCUT2D eigenvalue weighted by Crippen LogP contribution is -2.56. The van der Waals surface area contributed by atoms with Gasteiger partial charge in [0, 0.05) is 18.8 Å². The summed E-state index contributed by atoms with van der Waals surface area (Å²) < 4.78 is 51.9. The van der Waals surface area contributed by atoms with Crippen LogP contribution >= 0.6 is 24.8 Å². The van der Waals surface area contributed by atoms with Crippen molar-refractivity contribution in [2.75, 3.05) is 6.54 Å². The maximum atomic E-state index is 13.0. The molecule has 0 bridgehead atoms. The molecule has 2 N–H and O–H groups in total. The summed E-state index contributed by atoms with van der Waals surface area (Å²) in [4.78, 5) is 16.2. The predicted molar refractivity (Wildman–Crippen MR) is 76.8 cm³/mol. The van der Waals surface area contributed by atoms with Gasteiger partial charge >= 0.3 is 6.18 Å². The van der Waals surface area contributed by atoms with Crippen molar-refractivity contribution in [1.82, 2.24) is 9.88 Å². The number of rotatable bonds is 1. The Labute approximate surface area is 136 Å². The second kappa shape index (κ2) is 7.94. The molecule has 2 atom stereocenters. The van der Waals surface area contributed by atoms with E-state index in [1.54, 1.807) is 0 Å². The second-order valence-corrected chi connectivity index (χ2v) is 4.74. The van der Waals surface area contributed by atoms with Crippen molar-refractivity contribution < 1.29 is 22.4 Å². The van der Waals surface area contributed by atoms with Gasteiger partial charge in [-0.3, -0.25) is 9.78 Å². The van der Waals surface area contributed by atoms with Gasteiger partial charge in [-0.05, 0) is 18.9 Å². The highest BCUT2D eigenvalue weighted by Crippen LogP contribution is 2.32. The molecule has 0 aromatic carbocycles. The molecule has 10 heteroatoms. The first-order valence-corrected chi connectivity index (χ1v) is 6.03. The second-order valence-electron chi connectivity index (χ2n) is 4.74. The number of piperidine rings is 1. The van der Waals surface area contributed by atoms with E-state index >= 15 is 0 Å². The first-order chi connectivity index (χ1) is 9.29. The highest BCUT2D eigenvalue weighted by atomic mass is 35.5. The largest absolute Gasteiger partial charge is 0.408 e. The third-order valence-corrected chi connectivity index (χ3v) is 3.21. The molecule has 126 valence electrons. The van der Waals surface area contributed by atoms with Crippen LogP contribution in [-0.2, 0) is 0 Å². The lowest BCUT2D eigenvalue weighted by Gasteiger charge is -2.39. The monoisotopic (exact) mass is 363 g/mol. The van der Waals surface area contributed by atoms with Crippen LogP contribution in [0.25, 0.3) is 0 Å².